The van der Waals surface area contributed by atoms with Crippen molar-refractivity contribution in [2.75, 3.05) is 0 Å². The van der Waals surface area contributed by atoms with Crippen molar-refractivity contribution < 1.29 is 0 Å². The molecule has 0 radical (unpaired) electrons. The van der Waals surface area contributed by atoms with E-state index in [2.05, 4.69) is 36.4 Å². The van der Waals surface area contributed by atoms with Gasteiger partial charge in [0.05, 0.1) is 12.4 Å². The second-order valence-electron chi connectivity index (χ2n) is 3.98. The van der Waals surface area contributed by atoms with Gasteiger partial charge in [-0.15, -0.1) is 5.53 Å². The number of hydrogen-bond donors (Lipinski definition) is 1. The fourth-order valence-electron chi connectivity index (χ4n) is 1.08. The number of aliphatic imine (C=N–C) groups is 1. The van der Waals surface area contributed by atoms with Gasteiger partial charge in [0.25, 0.3) is 0 Å². The fourth-order valence-corrected chi connectivity index (χ4v) is 1.08. The van der Waals surface area contributed by atoms with Crippen molar-refractivity contribution in [3.05, 3.63) is 12.0 Å². The van der Waals surface area contributed by atoms with E-state index in [0.29, 0.717) is 0 Å². The monoisotopic (exact) mass is 179 g/mol. The number of hydrazone groups is 1. The maximum Gasteiger partial charge on any atom is 0.186 e. The molecule has 70 valence electrons. The molecule has 0 aromatic carbocycles. The Bertz CT molecular complexity index is 296. The summed E-state index contributed by atoms with van der Waals surface area (Å²) < 4.78 is 0. The Morgan fingerprint density at radius 1 is 1.31 bits per heavy atom. The van der Waals surface area contributed by atoms with E-state index in [1.165, 1.54) is 0 Å². The Morgan fingerprint density at radius 2 is 2.08 bits per heavy atom. The van der Waals surface area contributed by atoms with Crippen LogP contribution in [0.1, 0.15) is 20.8 Å². The lowest BCUT2D eigenvalue weighted by Crippen LogP contribution is -2.47. The predicted octanol–water partition coefficient (Wildman–Crippen LogP) is 0.691. The first-order valence-electron chi connectivity index (χ1n) is 4.21. The van der Waals surface area contributed by atoms with Gasteiger partial charge in [-0.1, -0.05) is 0 Å². The highest BCUT2D eigenvalue weighted by atomic mass is 15.9. The van der Waals surface area contributed by atoms with Gasteiger partial charge in [-0.05, 0) is 20.8 Å². The first-order valence-corrected chi connectivity index (χ1v) is 4.21. The molecule has 0 aromatic heterocycles. The van der Waals surface area contributed by atoms with Gasteiger partial charge in [0.1, 0.15) is 0 Å². The number of rotatable bonds is 0. The summed E-state index contributed by atoms with van der Waals surface area (Å²) in [5, 5.41) is 7.71. The van der Waals surface area contributed by atoms with Crippen molar-refractivity contribution in [1.82, 2.24) is 15.7 Å². The molecule has 0 fully saturated rings. The Hall–Kier alpha value is -1.36. The molecule has 0 spiro atoms. The van der Waals surface area contributed by atoms with E-state index < -0.39 is 0 Å². The van der Waals surface area contributed by atoms with Gasteiger partial charge >= 0.3 is 0 Å². The average Bonchev–Trinajstić information content (AvgIpc) is 2.45. The third-order valence-electron chi connectivity index (χ3n) is 1.84. The van der Waals surface area contributed by atoms with Crippen LogP contribution in [0.4, 0.5) is 0 Å². The van der Waals surface area contributed by atoms with Crippen LogP contribution in [0.3, 0.4) is 0 Å². The molecule has 2 aliphatic rings. The van der Waals surface area contributed by atoms with Crippen molar-refractivity contribution in [2.24, 2.45) is 10.1 Å². The van der Waals surface area contributed by atoms with E-state index in [4.69, 9.17) is 0 Å². The molecule has 0 saturated heterocycles. The van der Waals surface area contributed by atoms with Gasteiger partial charge in [0.15, 0.2) is 5.82 Å². The zero-order valence-corrected chi connectivity index (χ0v) is 8.02. The average molecular weight is 179 g/mol. The number of fused-ring (bicyclic) bond motifs is 1. The summed E-state index contributed by atoms with van der Waals surface area (Å²) in [5.74, 6) is 0.817. The second-order valence-corrected chi connectivity index (χ2v) is 3.98. The summed E-state index contributed by atoms with van der Waals surface area (Å²) in [6.07, 6.45) is 5.26. The van der Waals surface area contributed by atoms with Crippen LogP contribution in [0.25, 0.3) is 0 Å². The molecule has 5 nitrogen and oxygen atoms in total. The lowest BCUT2D eigenvalue weighted by molar-refractivity contribution is 0.0592. The van der Waals surface area contributed by atoms with Crippen LogP contribution < -0.4 is 5.53 Å². The Morgan fingerprint density at radius 3 is 2.69 bits per heavy atom. The van der Waals surface area contributed by atoms with Gasteiger partial charge in [0.2, 0.25) is 0 Å². The highest BCUT2D eigenvalue weighted by Gasteiger charge is 2.28. The molecule has 5 heteroatoms. The first-order chi connectivity index (χ1) is 6.07. The second kappa shape index (κ2) is 2.56. The van der Waals surface area contributed by atoms with E-state index in [9.17, 15) is 0 Å². The molecule has 0 amide bonds. The van der Waals surface area contributed by atoms with Crippen LogP contribution in [0.5, 0.6) is 0 Å². The number of hydrazine groups is 2. The first kappa shape index (κ1) is 8.25. The minimum atomic E-state index is 0.0232. The zero-order chi connectivity index (χ0) is 9.47. The van der Waals surface area contributed by atoms with Crippen molar-refractivity contribution in [1.29, 1.82) is 0 Å². The highest BCUT2D eigenvalue weighted by Crippen LogP contribution is 2.21. The van der Waals surface area contributed by atoms with E-state index in [-0.39, 0.29) is 5.54 Å². The highest BCUT2D eigenvalue weighted by molar-refractivity contribution is 6.16. The summed E-state index contributed by atoms with van der Waals surface area (Å²) in [5.41, 5.74) is 3.12. The number of nitrogens with one attached hydrogen (secondary N) is 1. The summed E-state index contributed by atoms with van der Waals surface area (Å²) >= 11 is 0. The van der Waals surface area contributed by atoms with Gasteiger partial charge in [-0.3, -0.25) is 5.01 Å². The number of nitrogens with zero attached hydrogens (tertiary/aromatic N) is 4. The minimum absolute atomic E-state index is 0.0232. The Kier molecular flexibility index (Phi) is 1.63. The molecule has 1 N–H and O–H groups in total. The third-order valence-corrected chi connectivity index (χ3v) is 1.84. The van der Waals surface area contributed by atoms with Crippen molar-refractivity contribution >= 4 is 12.4 Å². The van der Waals surface area contributed by atoms with E-state index in [1.807, 2.05) is 11.2 Å². The quantitative estimate of drug-likeness (QED) is 0.595. The fraction of sp³-hybridized carbons (Fsp3) is 0.500. The molecule has 2 heterocycles. The smallest absolute Gasteiger partial charge is 0.186 e. The van der Waals surface area contributed by atoms with Crippen LogP contribution in [-0.2, 0) is 0 Å². The van der Waals surface area contributed by atoms with Gasteiger partial charge in [0, 0.05) is 11.8 Å². The van der Waals surface area contributed by atoms with Crippen LogP contribution >= 0.6 is 0 Å². The minimum Gasteiger partial charge on any atom is -0.287 e. The topological polar surface area (TPSA) is 43.2 Å². The van der Waals surface area contributed by atoms with Crippen LogP contribution in [0.15, 0.2) is 22.1 Å². The molecule has 13 heavy (non-hydrogen) atoms. The third kappa shape index (κ3) is 1.42. The molecular weight excluding hydrogens is 166 g/mol. The Labute approximate surface area is 77.4 Å². The van der Waals surface area contributed by atoms with Crippen molar-refractivity contribution in [3.8, 4) is 0 Å². The van der Waals surface area contributed by atoms with Gasteiger partial charge < -0.3 is 0 Å². The largest absolute Gasteiger partial charge is 0.287 e. The van der Waals surface area contributed by atoms with E-state index >= 15 is 0 Å². The lowest BCUT2D eigenvalue weighted by atomic mass is 10.1. The molecule has 0 bridgehead atoms. The zero-order valence-electron chi connectivity index (χ0n) is 8.02. The molecule has 2 aliphatic heterocycles. The predicted molar refractivity (Wildman–Crippen MR) is 51.6 cm³/mol. The summed E-state index contributed by atoms with van der Waals surface area (Å²) in [7, 11) is 0. The van der Waals surface area contributed by atoms with E-state index in [0.717, 1.165) is 5.82 Å². The van der Waals surface area contributed by atoms with Gasteiger partial charge in [-0.2, -0.15) is 10.2 Å². The van der Waals surface area contributed by atoms with E-state index in [1.54, 1.807) is 17.5 Å². The summed E-state index contributed by atoms with van der Waals surface area (Å²) in [6, 6.07) is 0. The molecule has 0 saturated carbocycles. The summed E-state index contributed by atoms with van der Waals surface area (Å²) in [4.78, 5) is 4.16. The molecular formula is C8H13N5. The molecule has 0 atom stereocenters. The SMILES string of the molecule is CC(C)(C)N1C=C2N=CC=NN2N1. The van der Waals surface area contributed by atoms with Crippen molar-refractivity contribution in [2.45, 2.75) is 26.3 Å². The maximum atomic E-state index is 4.16. The molecule has 2 rings (SSSR count). The standard InChI is InChI=1S/C8H13N5/c1-8(2,3)12-6-7-9-4-5-10-13(7)11-12/h4-6,11H,1-3H3. The van der Waals surface area contributed by atoms with Gasteiger partial charge in [-0.25, -0.2) is 4.99 Å². The molecule has 0 aromatic rings. The Balaban J connectivity index is 2.21. The van der Waals surface area contributed by atoms with Crippen LogP contribution in [-0.4, -0.2) is 28.1 Å². The summed E-state index contributed by atoms with van der Waals surface area (Å²) in [6.45, 7) is 6.34. The van der Waals surface area contributed by atoms with Crippen LogP contribution in [0.2, 0.25) is 0 Å². The van der Waals surface area contributed by atoms with Crippen LogP contribution in [0, 0.1) is 0 Å². The number of hydrogen-bond acceptors (Lipinski definition) is 5. The molecule has 0 aliphatic carbocycles. The normalized spacial score (nSPS) is 20.7. The maximum absolute atomic E-state index is 4.16. The molecule has 0 unspecified atom stereocenters. The lowest BCUT2D eigenvalue weighted by Gasteiger charge is -2.31. The van der Waals surface area contributed by atoms with Crippen molar-refractivity contribution in [3.63, 3.8) is 0 Å².